The van der Waals surface area contributed by atoms with Crippen LogP contribution in [-0.4, -0.2) is 37.1 Å². The van der Waals surface area contributed by atoms with Gasteiger partial charge in [-0.15, -0.1) is 0 Å². The monoisotopic (exact) mass is 310 g/mol. The molecule has 1 N–H and O–H groups in total. The molecule has 3 rings (SSSR count). The van der Waals surface area contributed by atoms with E-state index in [-0.39, 0.29) is 11.9 Å². The molecule has 1 heterocycles. The van der Waals surface area contributed by atoms with Gasteiger partial charge >= 0.3 is 0 Å². The van der Waals surface area contributed by atoms with Crippen LogP contribution in [0.3, 0.4) is 0 Å². The first kappa shape index (κ1) is 15.7. The fourth-order valence-electron chi connectivity index (χ4n) is 2.93. The van der Waals surface area contributed by atoms with Crippen molar-refractivity contribution in [1.82, 2.24) is 4.90 Å². The third-order valence-electron chi connectivity index (χ3n) is 4.22. The Kier molecular flexibility index (Phi) is 4.74. The minimum absolute atomic E-state index is 0.0737. The minimum atomic E-state index is -0.516. The van der Waals surface area contributed by atoms with Crippen LogP contribution >= 0.6 is 0 Å². The van der Waals surface area contributed by atoms with Crippen LogP contribution in [0.4, 0.5) is 5.69 Å². The molecule has 1 fully saturated rings. The predicted molar refractivity (Wildman–Crippen MR) is 91.4 cm³/mol. The molecule has 1 amide bonds. The topological polar surface area (TPSA) is 41.6 Å². The molecule has 2 atom stereocenters. The number of ether oxygens (including phenoxy) is 1. The number of benzene rings is 2. The molecule has 0 radical (unpaired) electrons. The van der Waals surface area contributed by atoms with E-state index in [9.17, 15) is 4.79 Å². The Morgan fingerprint density at radius 2 is 1.83 bits per heavy atom. The summed E-state index contributed by atoms with van der Waals surface area (Å²) in [6.07, 6.45) is -0.516. The summed E-state index contributed by atoms with van der Waals surface area (Å²) in [5.74, 6) is -0.103. The Hall–Kier alpha value is -2.17. The zero-order chi connectivity index (χ0) is 16.2. The van der Waals surface area contributed by atoms with Gasteiger partial charge in [0.1, 0.15) is 0 Å². The van der Waals surface area contributed by atoms with E-state index in [4.69, 9.17) is 4.74 Å². The fourth-order valence-corrected chi connectivity index (χ4v) is 2.93. The molecule has 2 aromatic carbocycles. The molecule has 0 aliphatic carbocycles. The van der Waals surface area contributed by atoms with Crippen molar-refractivity contribution in [3.63, 3.8) is 0 Å². The zero-order valence-corrected chi connectivity index (χ0v) is 13.5. The van der Waals surface area contributed by atoms with Gasteiger partial charge in [-0.3, -0.25) is 9.69 Å². The average Bonchev–Trinajstić information content (AvgIpc) is 2.57. The Bertz CT molecular complexity index is 655. The third-order valence-corrected chi connectivity index (χ3v) is 4.22. The number of morpholine rings is 1. The molecular weight excluding hydrogens is 288 g/mol. The van der Waals surface area contributed by atoms with E-state index < -0.39 is 6.10 Å². The van der Waals surface area contributed by atoms with Gasteiger partial charge in [-0.2, -0.15) is 0 Å². The van der Waals surface area contributed by atoms with Crippen molar-refractivity contribution in [3.05, 3.63) is 65.7 Å². The van der Waals surface area contributed by atoms with E-state index in [1.807, 2.05) is 68.6 Å². The summed E-state index contributed by atoms with van der Waals surface area (Å²) in [6.45, 7) is 3.40. The van der Waals surface area contributed by atoms with Crippen molar-refractivity contribution in [1.29, 1.82) is 0 Å². The second-order valence-electron chi connectivity index (χ2n) is 5.98. The standard InChI is InChI=1S/C19H22N2O2/c1-14-8-10-16(11-9-14)20-19(22)18-17(21(2)12-13-23-18)15-6-4-3-5-7-15/h3-11,17-18H,12-13H2,1-2H3,(H,20,22)/t17-,18+/m0/s1. The highest BCUT2D eigenvalue weighted by atomic mass is 16.5. The Morgan fingerprint density at radius 1 is 1.13 bits per heavy atom. The van der Waals surface area contributed by atoms with Gasteiger partial charge < -0.3 is 10.1 Å². The lowest BCUT2D eigenvalue weighted by Gasteiger charge is -2.38. The molecule has 1 aliphatic heterocycles. The number of likely N-dealkylation sites (N-methyl/N-ethyl adjacent to an activating group) is 1. The SMILES string of the molecule is Cc1ccc(NC(=O)[C@@H]2OCCN(C)[C@H]2c2ccccc2)cc1. The number of rotatable bonds is 3. The maximum atomic E-state index is 12.7. The number of hydrogen-bond acceptors (Lipinski definition) is 3. The van der Waals surface area contributed by atoms with E-state index in [2.05, 4.69) is 10.2 Å². The van der Waals surface area contributed by atoms with E-state index in [1.54, 1.807) is 0 Å². The summed E-state index contributed by atoms with van der Waals surface area (Å²) in [5, 5.41) is 2.97. The molecule has 120 valence electrons. The molecule has 0 aromatic heterocycles. The second-order valence-corrected chi connectivity index (χ2v) is 5.98. The summed E-state index contributed by atoms with van der Waals surface area (Å²) >= 11 is 0. The van der Waals surface area contributed by atoms with Gasteiger partial charge in [-0.05, 0) is 31.7 Å². The number of nitrogens with zero attached hydrogens (tertiary/aromatic N) is 1. The number of hydrogen-bond donors (Lipinski definition) is 1. The summed E-state index contributed by atoms with van der Waals surface area (Å²) < 4.78 is 5.82. The van der Waals surface area contributed by atoms with Crippen LogP contribution in [0.25, 0.3) is 0 Å². The highest BCUT2D eigenvalue weighted by molar-refractivity contribution is 5.94. The van der Waals surface area contributed by atoms with Crippen molar-refractivity contribution in [2.24, 2.45) is 0 Å². The van der Waals surface area contributed by atoms with Gasteiger partial charge in [-0.1, -0.05) is 48.0 Å². The first-order valence-electron chi connectivity index (χ1n) is 7.89. The smallest absolute Gasteiger partial charge is 0.255 e. The van der Waals surface area contributed by atoms with Crippen molar-refractivity contribution in [3.8, 4) is 0 Å². The molecule has 0 saturated carbocycles. The summed E-state index contributed by atoms with van der Waals surface area (Å²) in [5.41, 5.74) is 3.06. The van der Waals surface area contributed by atoms with Gasteiger partial charge in [0.25, 0.3) is 5.91 Å². The molecule has 23 heavy (non-hydrogen) atoms. The van der Waals surface area contributed by atoms with Crippen molar-refractivity contribution >= 4 is 11.6 Å². The minimum Gasteiger partial charge on any atom is -0.365 e. The first-order valence-corrected chi connectivity index (χ1v) is 7.89. The fraction of sp³-hybridized carbons (Fsp3) is 0.316. The Labute approximate surface area is 137 Å². The number of amides is 1. The summed E-state index contributed by atoms with van der Waals surface area (Å²) in [6, 6.07) is 17.8. The molecule has 0 spiro atoms. The van der Waals surface area contributed by atoms with Gasteiger partial charge in [0, 0.05) is 12.2 Å². The number of carbonyl (C=O) groups excluding carboxylic acids is 1. The van der Waals surface area contributed by atoms with Gasteiger partial charge in [0.2, 0.25) is 0 Å². The molecular formula is C19H22N2O2. The van der Waals surface area contributed by atoms with Crippen LogP contribution in [0.2, 0.25) is 0 Å². The maximum absolute atomic E-state index is 12.7. The molecule has 4 nitrogen and oxygen atoms in total. The molecule has 2 aromatic rings. The van der Waals surface area contributed by atoms with Crippen LogP contribution in [0, 0.1) is 6.92 Å². The Morgan fingerprint density at radius 3 is 2.52 bits per heavy atom. The predicted octanol–water partition coefficient (Wildman–Crippen LogP) is 3.01. The van der Waals surface area contributed by atoms with Crippen LogP contribution in [0.15, 0.2) is 54.6 Å². The number of carbonyl (C=O) groups is 1. The molecule has 1 saturated heterocycles. The quantitative estimate of drug-likeness (QED) is 0.947. The van der Waals surface area contributed by atoms with E-state index >= 15 is 0 Å². The van der Waals surface area contributed by atoms with Crippen LogP contribution in [-0.2, 0) is 9.53 Å². The molecule has 0 unspecified atom stereocenters. The first-order chi connectivity index (χ1) is 11.1. The molecule has 1 aliphatic rings. The number of nitrogens with one attached hydrogen (secondary N) is 1. The highest BCUT2D eigenvalue weighted by Gasteiger charge is 2.36. The maximum Gasteiger partial charge on any atom is 0.255 e. The Balaban J connectivity index is 1.80. The average molecular weight is 310 g/mol. The van der Waals surface area contributed by atoms with Crippen molar-refractivity contribution < 1.29 is 9.53 Å². The van der Waals surface area contributed by atoms with Gasteiger partial charge in [-0.25, -0.2) is 0 Å². The van der Waals surface area contributed by atoms with Crippen LogP contribution in [0.1, 0.15) is 17.2 Å². The van der Waals surface area contributed by atoms with Gasteiger partial charge in [0.15, 0.2) is 6.10 Å². The molecule has 0 bridgehead atoms. The highest BCUT2D eigenvalue weighted by Crippen LogP contribution is 2.29. The number of anilines is 1. The van der Waals surface area contributed by atoms with Crippen LogP contribution < -0.4 is 5.32 Å². The van der Waals surface area contributed by atoms with Crippen LogP contribution in [0.5, 0.6) is 0 Å². The lowest BCUT2D eigenvalue weighted by molar-refractivity contribution is -0.139. The lowest BCUT2D eigenvalue weighted by atomic mass is 9.98. The molecule has 4 heteroatoms. The summed E-state index contributed by atoms with van der Waals surface area (Å²) in [4.78, 5) is 14.9. The normalized spacial score (nSPS) is 21.8. The number of aryl methyl sites for hydroxylation is 1. The zero-order valence-electron chi connectivity index (χ0n) is 13.5. The van der Waals surface area contributed by atoms with E-state index in [0.29, 0.717) is 6.61 Å². The second kappa shape index (κ2) is 6.94. The van der Waals surface area contributed by atoms with Crippen molar-refractivity contribution in [2.45, 2.75) is 19.1 Å². The third kappa shape index (κ3) is 3.60. The van der Waals surface area contributed by atoms with E-state index in [1.165, 1.54) is 5.56 Å². The summed E-state index contributed by atoms with van der Waals surface area (Å²) in [7, 11) is 2.03. The van der Waals surface area contributed by atoms with Crippen molar-refractivity contribution in [2.75, 3.05) is 25.5 Å². The van der Waals surface area contributed by atoms with Gasteiger partial charge in [0.05, 0.1) is 12.6 Å². The lowest BCUT2D eigenvalue weighted by Crippen LogP contribution is -2.48. The largest absolute Gasteiger partial charge is 0.365 e. The van der Waals surface area contributed by atoms with E-state index in [0.717, 1.165) is 17.8 Å².